The van der Waals surface area contributed by atoms with Crippen molar-refractivity contribution in [3.63, 3.8) is 0 Å². The van der Waals surface area contributed by atoms with E-state index < -0.39 is 6.10 Å². The molecule has 3 rings (SSSR count). The molecule has 1 atom stereocenters. The van der Waals surface area contributed by atoms with Crippen molar-refractivity contribution in [1.29, 1.82) is 0 Å². The van der Waals surface area contributed by atoms with Crippen LogP contribution in [-0.2, 0) is 11.3 Å². The number of hydrogen-bond acceptors (Lipinski definition) is 5. The van der Waals surface area contributed by atoms with Gasteiger partial charge < -0.3 is 14.8 Å². The van der Waals surface area contributed by atoms with Gasteiger partial charge in [0.2, 0.25) is 6.10 Å². The Labute approximate surface area is 121 Å². The molecule has 1 N–H and O–H groups in total. The van der Waals surface area contributed by atoms with Gasteiger partial charge in [-0.15, -0.1) is 0 Å². The fourth-order valence-electron chi connectivity index (χ4n) is 2.06. The summed E-state index contributed by atoms with van der Waals surface area (Å²) in [5.74, 6) is 1.11. The lowest BCUT2D eigenvalue weighted by molar-refractivity contribution is -0.130. The highest BCUT2D eigenvalue weighted by Crippen LogP contribution is 2.30. The molecule has 0 bridgehead atoms. The van der Waals surface area contributed by atoms with Crippen LogP contribution in [0.2, 0.25) is 0 Å². The Morgan fingerprint density at radius 3 is 3.05 bits per heavy atom. The molecule has 2 heterocycles. The first kappa shape index (κ1) is 13.4. The van der Waals surface area contributed by atoms with Gasteiger partial charge >= 0.3 is 0 Å². The number of hydrogen-bond donors (Lipinski definition) is 1. The molecule has 1 amide bonds. The first-order chi connectivity index (χ1) is 10.3. The summed E-state index contributed by atoms with van der Waals surface area (Å²) in [5, 5.41) is 6.84. The molecule has 21 heavy (non-hydrogen) atoms. The van der Waals surface area contributed by atoms with Gasteiger partial charge in [0.25, 0.3) is 5.91 Å². The molecule has 0 saturated carbocycles. The van der Waals surface area contributed by atoms with Gasteiger partial charge in [-0.3, -0.25) is 9.48 Å². The van der Waals surface area contributed by atoms with Crippen molar-refractivity contribution in [2.45, 2.75) is 19.1 Å². The number of fused-ring (bicyclic) bond motifs is 1. The van der Waals surface area contributed by atoms with Crippen molar-refractivity contribution in [2.24, 2.45) is 0 Å². The van der Waals surface area contributed by atoms with Gasteiger partial charge in [0.15, 0.2) is 11.5 Å². The first-order valence-corrected chi connectivity index (χ1v) is 6.81. The number of aromatic nitrogens is 3. The van der Waals surface area contributed by atoms with Gasteiger partial charge in [-0.05, 0) is 18.6 Å². The molecule has 1 unspecified atom stereocenters. The van der Waals surface area contributed by atoms with E-state index in [-0.39, 0.29) is 12.5 Å². The van der Waals surface area contributed by atoms with E-state index in [1.165, 1.54) is 6.33 Å². The van der Waals surface area contributed by atoms with Gasteiger partial charge in [0.1, 0.15) is 19.3 Å². The molecule has 7 nitrogen and oxygen atoms in total. The molecule has 0 fully saturated rings. The summed E-state index contributed by atoms with van der Waals surface area (Å²) in [4.78, 5) is 15.9. The summed E-state index contributed by atoms with van der Waals surface area (Å²) >= 11 is 0. The predicted molar refractivity (Wildman–Crippen MR) is 74.0 cm³/mol. The van der Waals surface area contributed by atoms with E-state index in [9.17, 15) is 4.79 Å². The number of carbonyl (C=O) groups excluding carboxylic acids is 1. The normalized spacial score (nSPS) is 16.5. The van der Waals surface area contributed by atoms with Crippen LogP contribution in [0.5, 0.6) is 11.5 Å². The maximum absolute atomic E-state index is 12.0. The van der Waals surface area contributed by atoms with Gasteiger partial charge in [0.05, 0.1) is 0 Å². The highest BCUT2D eigenvalue weighted by molar-refractivity contribution is 5.81. The van der Waals surface area contributed by atoms with E-state index in [0.717, 1.165) is 6.42 Å². The third kappa shape index (κ3) is 3.31. The second kappa shape index (κ2) is 6.25. The molecule has 0 aliphatic carbocycles. The molecule has 110 valence electrons. The van der Waals surface area contributed by atoms with Crippen LogP contribution in [0.1, 0.15) is 6.42 Å². The van der Waals surface area contributed by atoms with Crippen LogP contribution in [0.3, 0.4) is 0 Å². The van der Waals surface area contributed by atoms with Gasteiger partial charge in [-0.25, -0.2) is 4.98 Å². The topological polar surface area (TPSA) is 78.3 Å². The Morgan fingerprint density at radius 2 is 2.24 bits per heavy atom. The van der Waals surface area contributed by atoms with E-state index in [2.05, 4.69) is 15.4 Å². The van der Waals surface area contributed by atoms with E-state index in [1.54, 1.807) is 17.1 Å². The predicted octanol–water partition coefficient (Wildman–Crippen LogP) is 0.624. The minimum atomic E-state index is -0.605. The Balaban J connectivity index is 1.44. The number of benzene rings is 1. The van der Waals surface area contributed by atoms with Crippen LogP contribution in [-0.4, -0.2) is 39.9 Å². The molecular weight excluding hydrogens is 272 g/mol. The molecule has 1 aliphatic heterocycles. The molecule has 7 heteroatoms. The molecule has 1 aromatic heterocycles. The molecule has 2 aromatic rings. The standard InChI is InChI=1S/C14H16N4O3/c19-14(16-6-3-7-18-10-15-9-17-18)13-8-20-11-4-1-2-5-12(11)21-13/h1-2,4-5,9-10,13H,3,6-8H2,(H,16,19). The van der Waals surface area contributed by atoms with Crippen LogP contribution < -0.4 is 14.8 Å². The molecule has 1 aromatic carbocycles. The second-order valence-corrected chi connectivity index (χ2v) is 4.67. The van der Waals surface area contributed by atoms with Crippen molar-refractivity contribution < 1.29 is 14.3 Å². The zero-order chi connectivity index (χ0) is 14.5. The Bertz CT molecular complexity index is 600. The summed E-state index contributed by atoms with van der Waals surface area (Å²) in [6, 6.07) is 7.33. The molecule has 0 radical (unpaired) electrons. The molecular formula is C14H16N4O3. The van der Waals surface area contributed by atoms with Crippen LogP contribution in [0.15, 0.2) is 36.9 Å². The van der Waals surface area contributed by atoms with Gasteiger partial charge in [0, 0.05) is 13.1 Å². The number of para-hydroxylation sites is 2. The Morgan fingerprint density at radius 1 is 1.38 bits per heavy atom. The molecule has 1 aliphatic rings. The smallest absolute Gasteiger partial charge is 0.264 e. The van der Waals surface area contributed by atoms with E-state index in [0.29, 0.717) is 24.6 Å². The summed E-state index contributed by atoms with van der Waals surface area (Å²) in [6.45, 7) is 1.50. The molecule has 0 spiro atoms. The average Bonchev–Trinajstić information content (AvgIpc) is 3.04. The summed E-state index contributed by atoms with van der Waals surface area (Å²) in [5.41, 5.74) is 0. The minimum absolute atomic E-state index is 0.164. The molecule has 0 saturated heterocycles. The second-order valence-electron chi connectivity index (χ2n) is 4.67. The largest absolute Gasteiger partial charge is 0.485 e. The lowest BCUT2D eigenvalue weighted by Gasteiger charge is -2.25. The van der Waals surface area contributed by atoms with Gasteiger partial charge in [-0.2, -0.15) is 5.10 Å². The number of rotatable bonds is 5. The van der Waals surface area contributed by atoms with Gasteiger partial charge in [-0.1, -0.05) is 12.1 Å². The number of nitrogens with one attached hydrogen (secondary N) is 1. The minimum Gasteiger partial charge on any atom is -0.485 e. The monoisotopic (exact) mass is 288 g/mol. The lowest BCUT2D eigenvalue weighted by atomic mass is 10.2. The summed E-state index contributed by atoms with van der Waals surface area (Å²) in [7, 11) is 0. The Kier molecular flexibility index (Phi) is 3.99. The zero-order valence-electron chi connectivity index (χ0n) is 11.4. The quantitative estimate of drug-likeness (QED) is 0.816. The third-order valence-corrected chi connectivity index (χ3v) is 3.13. The van der Waals surface area contributed by atoms with Crippen LogP contribution in [0.25, 0.3) is 0 Å². The fourth-order valence-corrected chi connectivity index (χ4v) is 2.06. The van der Waals surface area contributed by atoms with Crippen LogP contribution in [0.4, 0.5) is 0 Å². The maximum atomic E-state index is 12.0. The van der Waals surface area contributed by atoms with Crippen molar-refractivity contribution in [2.75, 3.05) is 13.2 Å². The van der Waals surface area contributed by atoms with Crippen molar-refractivity contribution in [3.8, 4) is 11.5 Å². The first-order valence-electron chi connectivity index (χ1n) is 6.81. The lowest BCUT2D eigenvalue weighted by Crippen LogP contribution is -2.44. The number of nitrogens with zero attached hydrogens (tertiary/aromatic N) is 3. The summed E-state index contributed by atoms with van der Waals surface area (Å²) < 4.78 is 12.9. The highest BCUT2D eigenvalue weighted by atomic mass is 16.6. The van der Waals surface area contributed by atoms with Crippen molar-refractivity contribution >= 4 is 5.91 Å². The SMILES string of the molecule is O=C(NCCCn1cncn1)C1COc2ccccc2O1. The Hall–Kier alpha value is -2.57. The average molecular weight is 288 g/mol. The number of carbonyl (C=O) groups is 1. The third-order valence-electron chi connectivity index (χ3n) is 3.13. The number of amides is 1. The van der Waals surface area contributed by atoms with Crippen LogP contribution in [0, 0.1) is 0 Å². The number of ether oxygens (including phenoxy) is 2. The zero-order valence-corrected chi connectivity index (χ0v) is 11.4. The van der Waals surface area contributed by atoms with E-state index in [1.807, 2.05) is 18.2 Å². The maximum Gasteiger partial charge on any atom is 0.264 e. The van der Waals surface area contributed by atoms with Crippen molar-refractivity contribution in [1.82, 2.24) is 20.1 Å². The van der Waals surface area contributed by atoms with E-state index >= 15 is 0 Å². The van der Waals surface area contributed by atoms with Crippen LogP contribution >= 0.6 is 0 Å². The van der Waals surface area contributed by atoms with E-state index in [4.69, 9.17) is 9.47 Å². The fraction of sp³-hybridized carbons (Fsp3) is 0.357. The highest BCUT2D eigenvalue weighted by Gasteiger charge is 2.26. The summed E-state index contributed by atoms with van der Waals surface area (Å²) in [6.07, 6.45) is 3.31. The number of aryl methyl sites for hydroxylation is 1. The van der Waals surface area contributed by atoms with Crippen molar-refractivity contribution in [3.05, 3.63) is 36.9 Å².